The molecule has 8 atom stereocenters. The van der Waals surface area contributed by atoms with Gasteiger partial charge in [0.05, 0.1) is 11.5 Å². The largest absolute Gasteiger partial charge is 0.481 e. The lowest BCUT2D eigenvalue weighted by Gasteiger charge is -2.69. The van der Waals surface area contributed by atoms with Crippen molar-refractivity contribution in [3.63, 3.8) is 0 Å². The first-order valence-corrected chi connectivity index (χ1v) is 14.0. The third-order valence-electron chi connectivity index (χ3n) is 12.7. The third kappa shape index (κ3) is 3.14. The van der Waals surface area contributed by atoms with E-state index in [0.29, 0.717) is 12.3 Å². The number of hydrogen-bond acceptors (Lipinski definition) is 4. The highest BCUT2D eigenvalue weighted by atomic mass is 16.6. The lowest BCUT2D eigenvalue weighted by Crippen LogP contribution is -2.66. The number of rotatable bonds is 3. The number of carbonyl (C=O) groups is 2. The zero-order valence-electron chi connectivity index (χ0n) is 23.4. The van der Waals surface area contributed by atoms with Crippen LogP contribution in [0.15, 0.2) is 23.3 Å². The van der Waals surface area contributed by atoms with Crippen molar-refractivity contribution in [2.24, 2.45) is 44.3 Å². The molecule has 0 bridgehead atoms. The molecule has 5 rings (SSSR count). The molecule has 0 heterocycles. The van der Waals surface area contributed by atoms with E-state index in [1.54, 1.807) is 0 Å². The Morgan fingerprint density at radius 1 is 0.944 bits per heavy atom. The summed E-state index contributed by atoms with van der Waals surface area (Å²) in [5.41, 5.74) is 0.719. The summed E-state index contributed by atoms with van der Waals surface area (Å²) in [7, 11) is 0. The topological polar surface area (TPSA) is 83.8 Å². The minimum absolute atomic E-state index is 0.00166. The van der Waals surface area contributed by atoms with Crippen molar-refractivity contribution in [1.29, 1.82) is 0 Å². The molecule has 0 spiro atoms. The molecule has 0 aliphatic heterocycles. The molecular formula is C31H46O5. The van der Waals surface area contributed by atoms with Crippen LogP contribution in [-0.4, -0.2) is 34.9 Å². The van der Waals surface area contributed by atoms with Crippen LogP contribution < -0.4 is 0 Å². The van der Waals surface area contributed by atoms with Gasteiger partial charge in [-0.3, -0.25) is 9.59 Å². The summed E-state index contributed by atoms with van der Waals surface area (Å²) in [6.07, 6.45) is 11.4. The van der Waals surface area contributed by atoms with Crippen molar-refractivity contribution in [2.45, 2.75) is 106 Å². The van der Waals surface area contributed by atoms with Gasteiger partial charge in [-0.15, -0.1) is 0 Å². The average Bonchev–Trinajstić information content (AvgIpc) is 2.78. The van der Waals surface area contributed by atoms with Crippen LogP contribution in [0.25, 0.3) is 0 Å². The predicted molar refractivity (Wildman–Crippen MR) is 139 cm³/mol. The summed E-state index contributed by atoms with van der Waals surface area (Å²) in [6, 6.07) is 0. The van der Waals surface area contributed by atoms with Gasteiger partial charge in [0.15, 0.2) is 5.78 Å². The van der Waals surface area contributed by atoms with Gasteiger partial charge >= 0.3 is 5.97 Å². The molecule has 0 unspecified atom stereocenters. The first kappa shape index (κ1) is 26.2. The minimum atomic E-state index is -0.881. The highest BCUT2D eigenvalue weighted by Gasteiger charge is 2.69. The molecule has 0 amide bonds. The average molecular weight is 499 g/mol. The molecule has 5 aliphatic rings. The van der Waals surface area contributed by atoms with Crippen LogP contribution in [0.3, 0.4) is 0 Å². The van der Waals surface area contributed by atoms with E-state index in [4.69, 9.17) is 4.74 Å². The number of allylic oxidation sites excluding steroid dienone is 3. The van der Waals surface area contributed by atoms with Crippen LogP contribution in [-0.2, 0) is 14.3 Å². The van der Waals surface area contributed by atoms with Crippen LogP contribution >= 0.6 is 0 Å². The van der Waals surface area contributed by atoms with Crippen molar-refractivity contribution in [1.82, 2.24) is 0 Å². The summed E-state index contributed by atoms with van der Waals surface area (Å²) < 4.78 is 5.80. The maximum Gasteiger partial charge on any atom is 0.313 e. The standard InChI is InChI=1S/C31H46O5/c1-26(2)22-8-11-31(7)24(29(22,5)10-9-23(26)36-18-32)21(33)16-19-20-17-28(4,25(34)35)13-12-27(20,3)14-15-30(19,31)6/h16-17,22-24,32H,8-15,18H2,1-7H3,(H,34,35)/t22-,23-,24-,27+,28-,29-,30+,31+/m0/s1. The second-order valence-electron chi connectivity index (χ2n) is 14.7. The number of fused-ring (bicyclic) bond motifs is 7. The van der Waals surface area contributed by atoms with E-state index in [-0.39, 0.29) is 51.7 Å². The quantitative estimate of drug-likeness (QED) is 0.446. The van der Waals surface area contributed by atoms with Gasteiger partial charge < -0.3 is 14.9 Å². The van der Waals surface area contributed by atoms with Gasteiger partial charge in [0, 0.05) is 5.92 Å². The Morgan fingerprint density at radius 3 is 2.25 bits per heavy atom. The smallest absolute Gasteiger partial charge is 0.313 e. The Balaban J connectivity index is 1.63. The molecule has 5 aliphatic carbocycles. The van der Waals surface area contributed by atoms with E-state index in [0.717, 1.165) is 56.1 Å². The number of carboxylic acid groups (broad SMARTS) is 1. The van der Waals surface area contributed by atoms with Gasteiger partial charge in [-0.2, -0.15) is 0 Å². The van der Waals surface area contributed by atoms with Crippen LogP contribution in [0, 0.1) is 44.3 Å². The molecule has 2 N–H and O–H groups in total. The Hall–Kier alpha value is -1.46. The summed E-state index contributed by atoms with van der Waals surface area (Å²) in [5, 5.41) is 19.5. The molecule has 5 heteroatoms. The van der Waals surface area contributed by atoms with Crippen LogP contribution in [0.4, 0.5) is 0 Å². The molecule has 200 valence electrons. The fourth-order valence-corrected chi connectivity index (χ4v) is 10.1. The molecule has 0 saturated heterocycles. The van der Waals surface area contributed by atoms with E-state index in [1.165, 1.54) is 0 Å². The van der Waals surface area contributed by atoms with E-state index < -0.39 is 11.4 Å². The van der Waals surface area contributed by atoms with Crippen LogP contribution in [0.5, 0.6) is 0 Å². The van der Waals surface area contributed by atoms with E-state index in [1.807, 2.05) is 19.1 Å². The lowest BCUT2D eigenvalue weighted by atomic mass is 9.34. The molecular weight excluding hydrogens is 452 g/mol. The molecule has 5 nitrogen and oxygen atoms in total. The molecule has 0 aromatic heterocycles. The fourth-order valence-electron chi connectivity index (χ4n) is 10.1. The number of ketones is 1. The Labute approximate surface area is 216 Å². The SMILES string of the molecule is CC1(C)[C@@H](OCO)CC[C@@]2(C)[C@H]1CC[C@]1(C)[C@H]2C(=O)C=C2C3=C[C@@](C)(C(=O)O)CC[C@]3(C)CC[C@]21C. The lowest BCUT2D eigenvalue weighted by molar-refractivity contribution is -0.215. The van der Waals surface area contributed by atoms with Crippen molar-refractivity contribution < 1.29 is 24.5 Å². The van der Waals surface area contributed by atoms with Crippen molar-refractivity contribution in [2.75, 3.05) is 6.79 Å². The molecule has 3 saturated carbocycles. The minimum Gasteiger partial charge on any atom is -0.481 e. The van der Waals surface area contributed by atoms with Gasteiger partial charge in [0.1, 0.15) is 6.79 Å². The predicted octanol–water partition coefficient (Wildman–Crippen LogP) is 6.31. The second-order valence-corrected chi connectivity index (χ2v) is 14.7. The second kappa shape index (κ2) is 7.79. The maximum absolute atomic E-state index is 14.3. The van der Waals surface area contributed by atoms with Crippen molar-refractivity contribution >= 4 is 11.8 Å². The molecule has 36 heavy (non-hydrogen) atoms. The molecule has 3 fully saturated rings. The Bertz CT molecular complexity index is 1060. The summed E-state index contributed by atoms with van der Waals surface area (Å²) in [5.74, 6) is -0.254. The first-order chi connectivity index (χ1) is 16.6. The number of carboxylic acids is 1. The molecule has 0 aromatic carbocycles. The number of carbonyl (C=O) groups excluding carboxylic acids is 1. The number of ether oxygens (including phenoxy) is 1. The first-order valence-electron chi connectivity index (χ1n) is 14.0. The fraction of sp³-hybridized carbons (Fsp3) is 0.806. The van der Waals surface area contributed by atoms with E-state index >= 15 is 0 Å². The van der Waals surface area contributed by atoms with Gasteiger partial charge in [-0.05, 0) is 109 Å². The normalized spacial score (nSPS) is 49.6. The number of aliphatic carboxylic acids is 1. The maximum atomic E-state index is 14.3. The molecule has 0 radical (unpaired) electrons. The monoisotopic (exact) mass is 498 g/mol. The molecule has 0 aromatic rings. The summed E-state index contributed by atoms with van der Waals surface area (Å²) in [4.78, 5) is 26.5. The summed E-state index contributed by atoms with van der Waals surface area (Å²) in [6.45, 7) is 15.5. The van der Waals surface area contributed by atoms with Gasteiger partial charge in [-0.1, -0.05) is 47.6 Å². The van der Waals surface area contributed by atoms with Gasteiger partial charge in [0.25, 0.3) is 0 Å². The Morgan fingerprint density at radius 2 is 1.61 bits per heavy atom. The summed E-state index contributed by atoms with van der Waals surface area (Å²) >= 11 is 0. The number of hydrogen-bond donors (Lipinski definition) is 2. The van der Waals surface area contributed by atoms with E-state index in [2.05, 4.69) is 41.5 Å². The highest BCUT2D eigenvalue weighted by Crippen LogP contribution is 2.74. The number of aliphatic hydroxyl groups excluding tert-OH is 1. The van der Waals surface area contributed by atoms with Crippen molar-refractivity contribution in [3.8, 4) is 0 Å². The van der Waals surface area contributed by atoms with Crippen molar-refractivity contribution in [3.05, 3.63) is 23.3 Å². The number of aliphatic hydroxyl groups is 1. The highest BCUT2D eigenvalue weighted by molar-refractivity contribution is 5.96. The zero-order chi connectivity index (χ0) is 26.5. The Kier molecular flexibility index (Phi) is 5.66. The van der Waals surface area contributed by atoms with Gasteiger partial charge in [-0.25, -0.2) is 0 Å². The third-order valence-corrected chi connectivity index (χ3v) is 12.7. The van der Waals surface area contributed by atoms with Gasteiger partial charge in [0.2, 0.25) is 0 Å². The van der Waals surface area contributed by atoms with E-state index in [9.17, 15) is 19.8 Å². The van der Waals surface area contributed by atoms with Crippen LogP contribution in [0.1, 0.15) is 99.8 Å². The zero-order valence-corrected chi connectivity index (χ0v) is 23.4. The van der Waals surface area contributed by atoms with Crippen LogP contribution in [0.2, 0.25) is 0 Å².